The normalized spacial score (nSPS) is 11.0. The van der Waals surface area contributed by atoms with Crippen molar-refractivity contribution in [3.05, 3.63) is 72.1 Å². The van der Waals surface area contributed by atoms with E-state index >= 15 is 0 Å². The Bertz CT molecular complexity index is 762. The maximum Gasteiger partial charge on any atom is 0.191 e. The van der Waals surface area contributed by atoms with Gasteiger partial charge in [-0.15, -0.1) is 0 Å². The zero-order chi connectivity index (χ0) is 18.8. The molecule has 2 aromatic carbocycles. The van der Waals surface area contributed by atoms with E-state index in [0.717, 1.165) is 16.9 Å². The topological polar surface area (TPSA) is 54.9 Å². The van der Waals surface area contributed by atoms with Gasteiger partial charge in [-0.2, -0.15) is 0 Å². The second-order valence-electron chi connectivity index (χ2n) is 5.46. The van der Waals surface area contributed by atoms with Crippen molar-refractivity contribution in [2.45, 2.75) is 13.1 Å². The van der Waals surface area contributed by atoms with Crippen LogP contribution in [-0.2, 0) is 13.1 Å². The molecular formula is C20H24FN3O2. The highest BCUT2D eigenvalue weighted by Gasteiger charge is 2.06. The van der Waals surface area contributed by atoms with Crippen molar-refractivity contribution in [2.24, 2.45) is 4.99 Å². The first-order valence-corrected chi connectivity index (χ1v) is 8.26. The summed E-state index contributed by atoms with van der Waals surface area (Å²) in [7, 11) is 3.13. The number of benzene rings is 2. The standard InChI is InChI=1S/C20H24FN3O2/c1-4-11-26-18-8-6-5-7-16(18)14-24-20(22-2)23-13-15-9-10-19(25-3)17(21)12-15/h4-10,12H,1,11,13-14H2,2-3H3,(H2,22,23,24). The highest BCUT2D eigenvalue weighted by molar-refractivity contribution is 5.79. The maximum atomic E-state index is 13.8. The zero-order valence-corrected chi connectivity index (χ0v) is 15.1. The Morgan fingerprint density at radius 3 is 2.62 bits per heavy atom. The summed E-state index contributed by atoms with van der Waals surface area (Å²) in [4.78, 5) is 4.19. The van der Waals surface area contributed by atoms with Crippen LogP contribution in [0.4, 0.5) is 4.39 Å². The quantitative estimate of drug-likeness (QED) is 0.433. The molecule has 0 aliphatic rings. The largest absolute Gasteiger partial charge is 0.494 e. The highest BCUT2D eigenvalue weighted by Crippen LogP contribution is 2.18. The van der Waals surface area contributed by atoms with Crippen molar-refractivity contribution < 1.29 is 13.9 Å². The fourth-order valence-electron chi connectivity index (χ4n) is 2.34. The molecule has 2 aromatic rings. The molecule has 0 amide bonds. The molecule has 0 aliphatic carbocycles. The summed E-state index contributed by atoms with van der Waals surface area (Å²) in [5, 5.41) is 6.38. The van der Waals surface area contributed by atoms with Crippen LogP contribution in [0.2, 0.25) is 0 Å². The summed E-state index contributed by atoms with van der Waals surface area (Å²) in [5.74, 6) is 1.25. The summed E-state index contributed by atoms with van der Waals surface area (Å²) in [6.45, 7) is 5.10. The summed E-state index contributed by atoms with van der Waals surface area (Å²) < 4.78 is 24.3. The Balaban J connectivity index is 1.92. The molecule has 2 rings (SSSR count). The minimum absolute atomic E-state index is 0.229. The fraction of sp³-hybridized carbons (Fsp3) is 0.250. The van der Waals surface area contributed by atoms with Crippen LogP contribution >= 0.6 is 0 Å². The van der Waals surface area contributed by atoms with Crippen molar-refractivity contribution in [3.8, 4) is 11.5 Å². The van der Waals surface area contributed by atoms with E-state index in [1.165, 1.54) is 13.2 Å². The lowest BCUT2D eigenvalue weighted by atomic mass is 10.2. The van der Waals surface area contributed by atoms with Crippen LogP contribution in [0.1, 0.15) is 11.1 Å². The molecule has 0 aromatic heterocycles. The third kappa shape index (κ3) is 5.51. The van der Waals surface area contributed by atoms with Crippen LogP contribution in [0.5, 0.6) is 11.5 Å². The van der Waals surface area contributed by atoms with Gasteiger partial charge in [-0.25, -0.2) is 4.39 Å². The van der Waals surface area contributed by atoms with Gasteiger partial charge in [0.2, 0.25) is 0 Å². The van der Waals surface area contributed by atoms with E-state index in [9.17, 15) is 4.39 Å². The summed E-state index contributed by atoms with van der Waals surface area (Å²) in [5.41, 5.74) is 1.80. The van der Waals surface area contributed by atoms with E-state index in [4.69, 9.17) is 9.47 Å². The number of methoxy groups -OCH3 is 1. The molecule has 2 N–H and O–H groups in total. The first-order chi connectivity index (χ1) is 12.7. The number of hydrogen-bond acceptors (Lipinski definition) is 3. The van der Waals surface area contributed by atoms with Crippen LogP contribution in [0.3, 0.4) is 0 Å². The molecule has 0 atom stereocenters. The fourth-order valence-corrected chi connectivity index (χ4v) is 2.34. The highest BCUT2D eigenvalue weighted by atomic mass is 19.1. The summed E-state index contributed by atoms with van der Waals surface area (Å²) in [6, 6.07) is 12.6. The smallest absolute Gasteiger partial charge is 0.191 e. The van der Waals surface area contributed by atoms with Crippen LogP contribution in [0.25, 0.3) is 0 Å². The van der Waals surface area contributed by atoms with Gasteiger partial charge in [-0.1, -0.05) is 36.9 Å². The minimum Gasteiger partial charge on any atom is -0.494 e. The molecule has 26 heavy (non-hydrogen) atoms. The number of nitrogens with one attached hydrogen (secondary N) is 2. The molecule has 0 radical (unpaired) electrons. The van der Waals surface area contributed by atoms with Crippen LogP contribution in [0.15, 0.2) is 60.1 Å². The van der Waals surface area contributed by atoms with Crippen molar-refractivity contribution in [1.82, 2.24) is 10.6 Å². The number of hydrogen-bond donors (Lipinski definition) is 2. The van der Waals surface area contributed by atoms with Crippen molar-refractivity contribution in [2.75, 3.05) is 20.8 Å². The predicted octanol–water partition coefficient (Wildman–Crippen LogP) is 3.26. The molecule has 0 unspecified atom stereocenters. The average Bonchev–Trinajstić information content (AvgIpc) is 2.67. The van der Waals surface area contributed by atoms with E-state index in [1.54, 1.807) is 25.3 Å². The van der Waals surface area contributed by atoms with Crippen molar-refractivity contribution >= 4 is 5.96 Å². The average molecular weight is 357 g/mol. The van der Waals surface area contributed by atoms with Gasteiger partial charge in [0.1, 0.15) is 12.4 Å². The molecule has 0 heterocycles. The number of ether oxygens (including phenoxy) is 2. The number of aliphatic imine (C=N–C) groups is 1. The third-order valence-electron chi connectivity index (χ3n) is 3.68. The first kappa shape index (κ1) is 19.3. The van der Waals surface area contributed by atoms with E-state index < -0.39 is 0 Å². The molecular weight excluding hydrogens is 333 g/mol. The molecule has 5 nitrogen and oxygen atoms in total. The van der Waals surface area contributed by atoms with Gasteiger partial charge in [0.25, 0.3) is 0 Å². The summed E-state index contributed by atoms with van der Waals surface area (Å²) >= 11 is 0. The van der Waals surface area contributed by atoms with Gasteiger partial charge in [0.15, 0.2) is 17.5 Å². The van der Waals surface area contributed by atoms with E-state index in [2.05, 4.69) is 22.2 Å². The van der Waals surface area contributed by atoms with Gasteiger partial charge in [-0.05, 0) is 23.8 Å². The second kappa shape index (κ2) is 10.1. The van der Waals surface area contributed by atoms with E-state index in [0.29, 0.717) is 25.7 Å². The Kier molecular flexibility index (Phi) is 7.49. The molecule has 6 heteroatoms. The molecule has 0 saturated heterocycles. The molecule has 138 valence electrons. The maximum absolute atomic E-state index is 13.8. The Morgan fingerprint density at radius 2 is 1.92 bits per heavy atom. The minimum atomic E-state index is -0.386. The van der Waals surface area contributed by atoms with E-state index in [-0.39, 0.29) is 11.6 Å². The van der Waals surface area contributed by atoms with Gasteiger partial charge in [0.05, 0.1) is 7.11 Å². The zero-order valence-electron chi connectivity index (χ0n) is 15.1. The lowest BCUT2D eigenvalue weighted by molar-refractivity contribution is 0.358. The third-order valence-corrected chi connectivity index (χ3v) is 3.68. The number of rotatable bonds is 8. The van der Waals surface area contributed by atoms with Gasteiger partial charge in [0, 0.05) is 25.7 Å². The monoisotopic (exact) mass is 357 g/mol. The molecule has 0 spiro atoms. The number of para-hydroxylation sites is 1. The summed E-state index contributed by atoms with van der Waals surface area (Å²) in [6.07, 6.45) is 1.71. The number of nitrogens with zero attached hydrogens (tertiary/aromatic N) is 1. The van der Waals surface area contributed by atoms with Gasteiger partial charge in [-0.3, -0.25) is 4.99 Å². The molecule has 0 saturated carbocycles. The molecule has 0 fully saturated rings. The van der Waals surface area contributed by atoms with E-state index in [1.807, 2.05) is 24.3 Å². The Hall–Kier alpha value is -3.02. The van der Waals surface area contributed by atoms with Crippen molar-refractivity contribution in [1.29, 1.82) is 0 Å². The molecule has 0 aliphatic heterocycles. The van der Waals surface area contributed by atoms with Crippen LogP contribution < -0.4 is 20.1 Å². The van der Waals surface area contributed by atoms with Crippen LogP contribution in [-0.4, -0.2) is 26.7 Å². The number of halogens is 1. The van der Waals surface area contributed by atoms with Gasteiger partial charge < -0.3 is 20.1 Å². The SMILES string of the molecule is C=CCOc1ccccc1CNC(=NC)NCc1ccc(OC)c(F)c1. The lowest BCUT2D eigenvalue weighted by Crippen LogP contribution is -2.36. The molecule has 0 bridgehead atoms. The Morgan fingerprint density at radius 1 is 1.15 bits per heavy atom. The van der Waals surface area contributed by atoms with Crippen LogP contribution in [0, 0.1) is 5.82 Å². The number of guanidine groups is 1. The predicted molar refractivity (Wildman–Crippen MR) is 102 cm³/mol. The Labute approximate surface area is 153 Å². The van der Waals surface area contributed by atoms with Gasteiger partial charge >= 0.3 is 0 Å². The second-order valence-corrected chi connectivity index (χ2v) is 5.46. The first-order valence-electron chi connectivity index (χ1n) is 8.26. The lowest BCUT2D eigenvalue weighted by Gasteiger charge is -2.14. The van der Waals surface area contributed by atoms with Crippen molar-refractivity contribution in [3.63, 3.8) is 0 Å².